The number of rotatable bonds is 23. The van der Waals surface area contributed by atoms with E-state index in [1.54, 1.807) is 21.3 Å². The van der Waals surface area contributed by atoms with E-state index >= 15 is 0 Å². The van der Waals surface area contributed by atoms with Gasteiger partial charge in [0.15, 0.2) is 0 Å². The van der Waals surface area contributed by atoms with Crippen LogP contribution in [-0.2, 0) is 13.3 Å². The van der Waals surface area contributed by atoms with Gasteiger partial charge in [0.1, 0.15) is 0 Å². The average molecular weight is 496 g/mol. The van der Waals surface area contributed by atoms with Crippen molar-refractivity contribution in [1.29, 1.82) is 0 Å². The predicted octanol–water partition coefficient (Wildman–Crippen LogP) is 4.16. The number of halogens is 1. The predicted molar refractivity (Wildman–Crippen MR) is 136 cm³/mol. The molecule has 0 rings (SSSR count). The first kappa shape index (κ1) is 34.5. The molecule has 0 fully saturated rings. The summed E-state index contributed by atoms with van der Waals surface area (Å²) in [6.45, 7) is 6.82. The molecule has 0 aliphatic heterocycles. The van der Waals surface area contributed by atoms with E-state index < -0.39 is 8.80 Å². The average Bonchev–Trinajstić information content (AvgIpc) is 2.73. The summed E-state index contributed by atoms with van der Waals surface area (Å²) in [7, 11) is 2.70. The van der Waals surface area contributed by atoms with Gasteiger partial charge in [-0.25, -0.2) is 0 Å². The molecule has 0 aromatic rings. The maximum Gasteiger partial charge on any atom is 0.500 e. The van der Waals surface area contributed by atoms with Gasteiger partial charge in [0.25, 0.3) is 0 Å². The molecule has 4 nitrogen and oxygen atoms in total. The van der Waals surface area contributed by atoms with Crippen molar-refractivity contribution in [3.05, 3.63) is 0 Å². The van der Waals surface area contributed by atoms with Gasteiger partial charge in [-0.05, 0) is 26.2 Å². The van der Waals surface area contributed by atoms with Crippen molar-refractivity contribution >= 4 is 8.80 Å². The van der Waals surface area contributed by atoms with Crippen LogP contribution in [0.5, 0.6) is 0 Å². The van der Waals surface area contributed by atoms with Gasteiger partial charge in [-0.2, -0.15) is 0 Å². The lowest BCUT2D eigenvalue weighted by Gasteiger charge is -2.27. The van der Waals surface area contributed by atoms with Crippen LogP contribution < -0.4 is 18.1 Å². The first-order valence-electron chi connectivity index (χ1n) is 13.3. The Morgan fingerprint density at radius 1 is 0.656 bits per heavy atom. The van der Waals surface area contributed by atoms with Crippen LogP contribution in [-0.4, -0.2) is 35.7 Å². The van der Waals surface area contributed by atoms with E-state index in [-0.39, 0.29) is 17.9 Å². The van der Waals surface area contributed by atoms with E-state index in [0.29, 0.717) is 0 Å². The highest BCUT2D eigenvalue weighted by atomic mass is 35.5. The molecule has 0 aliphatic carbocycles. The second kappa shape index (κ2) is 21.9. The number of unbranched alkanes of at least 4 members (excludes halogenated alkanes) is 12. The number of quaternary nitrogens is 1. The zero-order valence-corrected chi connectivity index (χ0v) is 24.4. The maximum atomic E-state index is 5.58. The Morgan fingerprint density at radius 3 is 1.41 bits per heavy atom. The molecule has 1 unspecified atom stereocenters. The Bertz CT molecular complexity index is 381. The molecule has 0 aliphatic rings. The van der Waals surface area contributed by atoms with Crippen LogP contribution >= 0.6 is 0 Å². The van der Waals surface area contributed by atoms with Crippen LogP contribution in [0.2, 0.25) is 6.04 Å². The molecule has 0 saturated heterocycles. The van der Waals surface area contributed by atoms with Gasteiger partial charge >= 0.3 is 8.80 Å². The van der Waals surface area contributed by atoms with E-state index in [9.17, 15) is 0 Å². The Kier molecular flexibility index (Phi) is 23.6. The fourth-order valence-electron chi connectivity index (χ4n) is 4.74. The van der Waals surface area contributed by atoms with Crippen molar-refractivity contribution in [2.45, 2.75) is 142 Å². The molecule has 0 saturated carbocycles. The summed E-state index contributed by atoms with van der Waals surface area (Å²) in [5, 5.41) is 0. The molecule has 0 bridgehead atoms. The van der Waals surface area contributed by atoms with Crippen LogP contribution in [0.15, 0.2) is 0 Å². The minimum atomic E-state index is -2.43. The standard InChI is InChI=1S/C26H57NO3Si.ClH/c1-7-8-9-10-11-12-13-14-15-16-17-18-19-21-25(24-26(2,3)27)22-20-23-31(28-4,29-5)30-6;/h25H,7-24,27H2,1-6H3;1H. The van der Waals surface area contributed by atoms with Crippen LogP contribution in [0, 0.1) is 5.92 Å². The molecule has 0 radical (unpaired) electrons. The summed E-state index contributed by atoms with van der Waals surface area (Å²) in [4.78, 5) is 0. The lowest BCUT2D eigenvalue weighted by molar-refractivity contribution is -0.469. The molecular formula is C26H58ClNO3Si. The zero-order chi connectivity index (χ0) is 23.4. The molecule has 1 atom stereocenters. The van der Waals surface area contributed by atoms with Crippen molar-refractivity contribution in [3.8, 4) is 0 Å². The van der Waals surface area contributed by atoms with Crippen molar-refractivity contribution in [3.63, 3.8) is 0 Å². The first-order chi connectivity index (χ1) is 14.8. The van der Waals surface area contributed by atoms with E-state index in [1.165, 1.54) is 103 Å². The summed E-state index contributed by atoms with van der Waals surface area (Å²) < 4.78 is 16.8. The third-order valence-corrected chi connectivity index (χ3v) is 9.42. The fourth-order valence-corrected chi connectivity index (χ4v) is 6.49. The second-order valence-electron chi connectivity index (χ2n) is 10.5. The monoisotopic (exact) mass is 495 g/mol. The Balaban J connectivity index is 0. The summed E-state index contributed by atoms with van der Waals surface area (Å²) in [6, 6.07) is 0.906. The summed E-state index contributed by atoms with van der Waals surface area (Å²) in [6.07, 6.45) is 23.3. The second-order valence-corrected chi connectivity index (χ2v) is 13.5. The first-order valence-corrected chi connectivity index (χ1v) is 15.3. The Morgan fingerprint density at radius 2 is 1.03 bits per heavy atom. The maximum absolute atomic E-state index is 5.58. The topological polar surface area (TPSA) is 55.3 Å². The van der Waals surface area contributed by atoms with E-state index in [2.05, 4.69) is 26.5 Å². The minimum absolute atomic E-state index is 0. The van der Waals surface area contributed by atoms with Crippen molar-refractivity contribution < 1.29 is 31.4 Å². The van der Waals surface area contributed by atoms with Gasteiger partial charge in [-0.1, -0.05) is 103 Å². The fraction of sp³-hybridized carbons (Fsp3) is 1.00. The Hall–Kier alpha value is 0.347. The van der Waals surface area contributed by atoms with Gasteiger partial charge in [-0.15, -0.1) is 0 Å². The van der Waals surface area contributed by atoms with E-state index in [1.807, 2.05) is 0 Å². The van der Waals surface area contributed by atoms with Crippen LogP contribution in [0.1, 0.15) is 130 Å². The smallest absolute Gasteiger partial charge is 0.500 e. The molecule has 0 amide bonds. The normalized spacial score (nSPS) is 13.2. The largest absolute Gasteiger partial charge is 1.00 e. The highest BCUT2D eigenvalue weighted by Gasteiger charge is 2.37. The van der Waals surface area contributed by atoms with Crippen molar-refractivity contribution in [2.75, 3.05) is 21.3 Å². The summed E-state index contributed by atoms with van der Waals surface area (Å²) in [5.41, 5.74) is 4.52. The zero-order valence-electron chi connectivity index (χ0n) is 22.6. The highest BCUT2D eigenvalue weighted by Crippen LogP contribution is 2.27. The third kappa shape index (κ3) is 19.8. The van der Waals surface area contributed by atoms with Crippen LogP contribution in [0.25, 0.3) is 0 Å². The molecule has 32 heavy (non-hydrogen) atoms. The summed E-state index contributed by atoms with van der Waals surface area (Å²) >= 11 is 0. The lowest BCUT2D eigenvalue weighted by atomic mass is 9.85. The molecule has 0 aromatic carbocycles. The number of hydrogen-bond acceptors (Lipinski definition) is 3. The van der Waals surface area contributed by atoms with Gasteiger partial charge in [0.05, 0.1) is 5.54 Å². The molecule has 6 heteroatoms. The molecule has 0 spiro atoms. The van der Waals surface area contributed by atoms with E-state index in [4.69, 9.17) is 13.3 Å². The van der Waals surface area contributed by atoms with Gasteiger partial charge < -0.3 is 31.4 Å². The van der Waals surface area contributed by atoms with Crippen LogP contribution in [0.4, 0.5) is 0 Å². The quantitative estimate of drug-likeness (QED) is 0.171. The van der Waals surface area contributed by atoms with E-state index in [0.717, 1.165) is 18.4 Å². The third-order valence-electron chi connectivity index (χ3n) is 6.59. The van der Waals surface area contributed by atoms with Gasteiger partial charge in [0.2, 0.25) is 0 Å². The molecule has 196 valence electrons. The molecule has 0 aromatic heterocycles. The van der Waals surface area contributed by atoms with Gasteiger partial charge in [-0.3, -0.25) is 0 Å². The molecule has 0 heterocycles. The SMILES string of the molecule is CCCCCCCCCCCCCCCC(CCC[Si](OC)(OC)OC)CC(C)(C)[NH3+].[Cl-]. The van der Waals surface area contributed by atoms with Crippen LogP contribution in [0.3, 0.4) is 0 Å². The minimum Gasteiger partial charge on any atom is -1.00 e. The Labute approximate surface area is 208 Å². The summed E-state index contributed by atoms with van der Waals surface area (Å²) in [5.74, 6) is 0.748. The lowest BCUT2D eigenvalue weighted by Crippen LogP contribution is -3.00. The van der Waals surface area contributed by atoms with Crippen molar-refractivity contribution in [2.24, 2.45) is 5.92 Å². The molecular weight excluding hydrogens is 438 g/mol. The number of hydrogen-bond donors (Lipinski definition) is 1. The molecule has 3 N–H and O–H groups in total. The highest BCUT2D eigenvalue weighted by molar-refractivity contribution is 6.60. The van der Waals surface area contributed by atoms with Crippen molar-refractivity contribution in [1.82, 2.24) is 0 Å². The van der Waals surface area contributed by atoms with Gasteiger partial charge in [0, 0.05) is 33.8 Å².